The number of nitrogens with zero attached hydrogens (tertiary/aromatic N) is 1. The van der Waals surface area contributed by atoms with Crippen molar-refractivity contribution in [3.63, 3.8) is 0 Å². The predicted molar refractivity (Wildman–Crippen MR) is 69.2 cm³/mol. The van der Waals surface area contributed by atoms with Crippen LogP contribution in [0.1, 0.15) is 48.0 Å². The second-order valence-electron chi connectivity index (χ2n) is 5.35. The molecule has 1 N–H and O–H groups in total. The van der Waals surface area contributed by atoms with Crippen molar-refractivity contribution in [2.45, 2.75) is 50.8 Å². The van der Waals surface area contributed by atoms with Crippen molar-refractivity contribution < 1.29 is 9.90 Å². The zero-order chi connectivity index (χ0) is 12.5. The Balaban J connectivity index is 1.90. The van der Waals surface area contributed by atoms with Crippen molar-refractivity contribution in [3.8, 4) is 0 Å². The maximum Gasteiger partial charge on any atom is 0.256 e. The predicted octanol–water partition coefficient (Wildman–Crippen LogP) is 2.34. The lowest BCUT2D eigenvalue weighted by molar-refractivity contribution is -0.0240. The Morgan fingerprint density at radius 1 is 1.11 bits per heavy atom. The molecule has 0 spiro atoms. The number of fused-ring (bicyclic) bond motifs is 1. The van der Waals surface area contributed by atoms with Gasteiger partial charge in [0.2, 0.25) is 0 Å². The Morgan fingerprint density at radius 2 is 1.83 bits per heavy atom. The van der Waals surface area contributed by atoms with Gasteiger partial charge < -0.3 is 10.0 Å². The SMILES string of the molecule is O=C1c2ccccc2CC(O)N1C1CCCCC1. The van der Waals surface area contributed by atoms with E-state index in [4.69, 9.17) is 0 Å². The van der Waals surface area contributed by atoms with Crippen LogP contribution in [-0.4, -0.2) is 28.2 Å². The Kier molecular flexibility index (Phi) is 3.08. The second kappa shape index (κ2) is 4.73. The van der Waals surface area contributed by atoms with E-state index in [2.05, 4.69) is 0 Å². The topological polar surface area (TPSA) is 40.5 Å². The van der Waals surface area contributed by atoms with Gasteiger partial charge in [-0.25, -0.2) is 0 Å². The van der Waals surface area contributed by atoms with Crippen LogP contribution in [0, 0.1) is 0 Å². The first-order valence-electron chi connectivity index (χ1n) is 6.86. The maximum atomic E-state index is 12.5. The van der Waals surface area contributed by atoms with Gasteiger partial charge in [-0.15, -0.1) is 0 Å². The van der Waals surface area contributed by atoms with Gasteiger partial charge in [0.25, 0.3) is 5.91 Å². The molecule has 2 aliphatic rings. The quantitative estimate of drug-likeness (QED) is 0.825. The minimum atomic E-state index is -0.643. The summed E-state index contributed by atoms with van der Waals surface area (Å²) in [6.07, 6.45) is 5.58. The molecule has 1 aromatic rings. The molecule has 1 aromatic carbocycles. The first-order chi connectivity index (χ1) is 8.77. The van der Waals surface area contributed by atoms with Crippen molar-refractivity contribution in [1.82, 2.24) is 4.90 Å². The van der Waals surface area contributed by atoms with Gasteiger partial charge in [0.1, 0.15) is 6.23 Å². The van der Waals surface area contributed by atoms with Crippen molar-refractivity contribution in [1.29, 1.82) is 0 Å². The minimum Gasteiger partial charge on any atom is -0.373 e. The van der Waals surface area contributed by atoms with E-state index in [1.54, 1.807) is 4.90 Å². The lowest BCUT2D eigenvalue weighted by Gasteiger charge is -2.40. The van der Waals surface area contributed by atoms with E-state index in [1.165, 1.54) is 19.3 Å². The third-order valence-corrected chi connectivity index (χ3v) is 4.17. The normalized spacial score (nSPS) is 25.1. The van der Waals surface area contributed by atoms with Crippen molar-refractivity contribution in [2.75, 3.05) is 0 Å². The summed E-state index contributed by atoms with van der Waals surface area (Å²) >= 11 is 0. The van der Waals surface area contributed by atoms with Gasteiger partial charge in [-0.2, -0.15) is 0 Å². The molecule has 1 aliphatic carbocycles. The van der Waals surface area contributed by atoms with E-state index < -0.39 is 6.23 Å². The molecule has 1 amide bonds. The molecule has 1 unspecified atom stereocenters. The first kappa shape index (κ1) is 11.7. The summed E-state index contributed by atoms with van der Waals surface area (Å²) in [6, 6.07) is 7.87. The molecule has 0 saturated heterocycles. The summed E-state index contributed by atoms with van der Waals surface area (Å²) in [7, 11) is 0. The highest BCUT2D eigenvalue weighted by Crippen LogP contribution is 2.30. The zero-order valence-corrected chi connectivity index (χ0v) is 10.5. The van der Waals surface area contributed by atoms with Gasteiger partial charge in [0.15, 0.2) is 0 Å². The molecular formula is C15H19NO2. The molecule has 1 fully saturated rings. The number of hydrogen-bond acceptors (Lipinski definition) is 2. The first-order valence-corrected chi connectivity index (χ1v) is 6.86. The van der Waals surface area contributed by atoms with Gasteiger partial charge in [-0.3, -0.25) is 4.79 Å². The number of aliphatic hydroxyl groups is 1. The molecule has 0 bridgehead atoms. The Hall–Kier alpha value is -1.35. The standard InChI is InChI=1S/C15H19NO2/c17-14-10-11-6-4-5-9-13(11)15(18)16(14)12-7-2-1-3-8-12/h4-6,9,12,14,17H,1-3,7-8,10H2. The third-order valence-electron chi connectivity index (χ3n) is 4.17. The number of benzene rings is 1. The molecule has 1 aliphatic heterocycles. The van der Waals surface area contributed by atoms with Crippen LogP contribution in [0.5, 0.6) is 0 Å². The second-order valence-corrected chi connectivity index (χ2v) is 5.35. The molecule has 18 heavy (non-hydrogen) atoms. The molecule has 96 valence electrons. The average molecular weight is 245 g/mol. The monoisotopic (exact) mass is 245 g/mol. The average Bonchev–Trinajstić information content (AvgIpc) is 2.40. The summed E-state index contributed by atoms with van der Waals surface area (Å²) in [4.78, 5) is 14.2. The molecule has 1 saturated carbocycles. The van der Waals surface area contributed by atoms with Crippen molar-refractivity contribution >= 4 is 5.91 Å². The highest BCUT2D eigenvalue weighted by atomic mass is 16.3. The maximum absolute atomic E-state index is 12.5. The summed E-state index contributed by atoms with van der Waals surface area (Å²) in [6.45, 7) is 0. The van der Waals surface area contributed by atoms with Crippen LogP contribution < -0.4 is 0 Å². The van der Waals surface area contributed by atoms with E-state index in [0.29, 0.717) is 6.42 Å². The third kappa shape index (κ3) is 1.93. The van der Waals surface area contributed by atoms with E-state index in [-0.39, 0.29) is 11.9 Å². The van der Waals surface area contributed by atoms with Crippen LogP contribution in [-0.2, 0) is 6.42 Å². The number of aliphatic hydroxyl groups excluding tert-OH is 1. The van der Waals surface area contributed by atoms with Gasteiger partial charge in [-0.05, 0) is 24.5 Å². The molecule has 3 heteroatoms. The lowest BCUT2D eigenvalue weighted by Crippen LogP contribution is -2.51. The van der Waals surface area contributed by atoms with E-state index >= 15 is 0 Å². The van der Waals surface area contributed by atoms with Crippen LogP contribution >= 0.6 is 0 Å². The van der Waals surface area contributed by atoms with Gasteiger partial charge in [0.05, 0.1) is 0 Å². The molecular weight excluding hydrogens is 226 g/mol. The number of amides is 1. The van der Waals surface area contributed by atoms with E-state index in [0.717, 1.165) is 24.0 Å². The molecule has 1 atom stereocenters. The van der Waals surface area contributed by atoms with Gasteiger partial charge in [-0.1, -0.05) is 37.5 Å². The number of carbonyl (C=O) groups excluding carboxylic acids is 1. The highest BCUT2D eigenvalue weighted by Gasteiger charge is 2.35. The molecule has 0 aromatic heterocycles. The fraction of sp³-hybridized carbons (Fsp3) is 0.533. The van der Waals surface area contributed by atoms with Crippen LogP contribution in [0.4, 0.5) is 0 Å². The molecule has 3 rings (SSSR count). The van der Waals surface area contributed by atoms with Gasteiger partial charge >= 0.3 is 0 Å². The number of carbonyl (C=O) groups is 1. The zero-order valence-electron chi connectivity index (χ0n) is 10.5. The Bertz CT molecular complexity index is 452. The fourth-order valence-electron chi connectivity index (χ4n) is 3.24. The van der Waals surface area contributed by atoms with Crippen molar-refractivity contribution in [2.24, 2.45) is 0 Å². The molecule has 0 radical (unpaired) electrons. The minimum absolute atomic E-state index is 0.0104. The van der Waals surface area contributed by atoms with Crippen LogP contribution in [0.3, 0.4) is 0 Å². The summed E-state index contributed by atoms with van der Waals surface area (Å²) in [5.74, 6) is 0.0104. The number of rotatable bonds is 1. The summed E-state index contributed by atoms with van der Waals surface area (Å²) in [5.41, 5.74) is 1.75. The fourth-order valence-corrected chi connectivity index (χ4v) is 3.24. The Labute approximate surface area is 107 Å². The summed E-state index contributed by atoms with van der Waals surface area (Å²) < 4.78 is 0. The lowest BCUT2D eigenvalue weighted by atomic mass is 9.90. The highest BCUT2D eigenvalue weighted by molar-refractivity contribution is 5.97. The largest absolute Gasteiger partial charge is 0.373 e. The molecule has 1 heterocycles. The smallest absolute Gasteiger partial charge is 0.256 e. The van der Waals surface area contributed by atoms with Crippen LogP contribution in [0.15, 0.2) is 24.3 Å². The Morgan fingerprint density at radius 3 is 2.61 bits per heavy atom. The van der Waals surface area contributed by atoms with Crippen LogP contribution in [0.25, 0.3) is 0 Å². The van der Waals surface area contributed by atoms with Crippen molar-refractivity contribution in [3.05, 3.63) is 35.4 Å². The van der Waals surface area contributed by atoms with Crippen LogP contribution in [0.2, 0.25) is 0 Å². The van der Waals surface area contributed by atoms with E-state index in [1.807, 2.05) is 24.3 Å². The molecule has 3 nitrogen and oxygen atoms in total. The number of hydrogen-bond donors (Lipinski definition) is 1. The van der Waals surface area contributed by atoms with Gasteiger partial charge in [0, 0.05) is 18.0 Å². The summed E-state index contributed by atoms with van der Waals surface area (Å²) in [5, 5.41) is 10.2. The van der Waals surface area contributed by atoms with E-state index in [9.17, 15) is 9.90 Å².